The van der Waals surface area contributed by atoms with Gasteiger partial charge in [-0.3, -0.25) is 43.3 Å². The number of rotatable bonds is 29. The van der Waals surface area contributed by atoms with Gasteiger partial charge in [-0.05, 0) is 58.4 Å². The second kappa shape index (κ2) is 28.2. The number of imidazole rings is 1. The maximum Gasteiger partial charge on any atom is 0.326 e. The lowest BCUT2D eigenvalue weighted by atomic mass is 9.97. The number of nitrogens with two attached hydrogens (primary N) is 4. The molecular formula is C36H63N15O10. The van der Waals surface area contributed by atoms with Gasteiger partial charge < -0.3 is 75.6 Å². The monoisotopic (exact) mass is 865 g/mol. The molecule has 61 heavy (non-hydrogen) atoms. The first kappa shape index (κ1) is 52.6. The highest BCUT2D eigenvalue weighted by Crippen LogP contribution is 2.10. The minimum Gasteiger partial charge on any atom is -0.480 e. The molecule has 0 aliphatic heterocycles. The van der Waals surface area contributed by atoms with Crippen molar-refractivity contribution in [2.24, 2.45) is 33.8 Å². The van der Waals surface area contributed by atoms with Crippen molar-refractivity contribution in [3.8, 4) is 0 Å². The van der Waals surface area contributed by atoms with E-state index in [-0.39, 0.29) is 44.7 Å². The third kappa shape index (κ3) is 20.9. The highest BCUT2D eigenvalue weighted by atomic mass is 16.4. The molecule has 7 atom stereocenters. The molecule has 0 saturated heterocycles. The Kier molecular flexibility index (Phi) is 24.3. The molecular weight excluding hydrogens is 802 g/mol. The zero-order valence-electron chi connectivity index (χ0n) is 35.0. The number of carboxylic acids is 1. The Bertz CT molecular complexity index is 1660. The largest absolute Gasteiger partial charge is 0.480 e. The second-order valence-corrected chi connectivity index (χ2v) is 14.2. The van der Waals surface area contributed by atoms with Gasteiger partial charge in [0.05, 0.1) is 26.0 Å². The molecule has 8 amide bonds. The Balaban J connectivity index is 2.98. The number of aliphatic carboxylic acids is 1. The fourth-order valence-electron chi connectivity index (χ4n) is 5.43. The topological polar surface area (TPSA) is 415 Å². The van der Waals surface area contributed by atoms with Gasteiger partial charge in [0.15, 0.2) is 5.96 Å². The van der Waals surface area contributed by atoms with Gasteiger partial charge in [-0.15, -0.1) is 0 Å². The molecule has 342 valence electrons. The van der Waals surface area contributed by atoms with Crippen LogP contribution in [0.5, 0.6) is 0 Å². The smallest absolute Gasteiger partial charge is 0.326 e. The van der Waals surface area contributed by atoms with Gasteiger partial charge in [0.1, 0.15) is 36.3 Å². The average Bonchev–Trinajstić information content (AvgIpc) is 3.73. The lowest BCUT2D eigenvalue weighted by Gasteiger charge is -2.27. The highest BCUT2D eigenvalue weighted by Gasteiger charge is 2.31. The molecule has 0 aromatic carbocycles. The number of carbonyl (C=O) groups is 9. The summed E-state index contributed by atoms with van der Waals surface area (Å²) in [5.41, 5.74) is 21.9. The summed E-state index contributed by atoms with van der Waals surface area (Å²) < 4.78 is 0. The highest BCUT2D eigenvalue weighted by molar-refractivity contribution is 5.96. The van der Waals surface area contributed by atoms with Crippen LogP contribution in [0.25, 0.3) is 0 Å². The van der Waals surface area contributed by atoms with Crippen molar-refractivity contribution in [3.63, 3.8) is 0 Å². The fourth-order valence-corrected chi connectivity index (χ4v) is 5.43. The molecule has 7 unspecified atom stereocenters. The van der Waals surface area contributed by atoms with Gasteiger partial charge in [0, 0.05) is 24.9 Å². The van der Waals surface area contributed by atoms with Gasteiger partial charge in [-0.1, -0.05) is 20.3 Å². The molecule has 18 N–H and O–H groups in total. The summed E-state index contributed by atoms with van der Waals surface area (Å²) in [5.74, 6) is -7.75. The summed E-state index contributed by atoms with van der Waals surface area (Å²) >= 11 is 0. The van der Waals surface area contributed by atoms with Gasteiger partial charge in [0.25, 0.3) is 0 Å². The molecule has 1 heterocycles. The number of nitrogens with zero attached hydrogens (tertiary/aromatic N) is 2. The van der Waals surface area contributed by atoms with Crippen molar-refractivity contribution in [3.05, 3.63) is 18.2 Å². The number of aromatic nitrogens is 2. The molecule has 0 saturated carbocycles. The van der Waals surface area contributed by atoms with E-state index in [9.17, 15) is 48.3 Å². The third-order valence-corrected chi connectivity index (χ3v) is 9.14. The van der Waals surface area contributed by atoms with E-state index < -0.39 is 108 Å². The predicted octanol–water partition coefficient (Wildman–Crippen LogP) is -5.59. The quantitative estimate of drug-likeness (QED) is 0.0203. The predicted molar refractivity (Wildman–Crippen MR) is 220 cm³/mol. The molecule has 1 aromatic heterocycles. The lowest BCUT2D eigenvalue weighted by Crippen LogP contribution is -2.58. The van der Waals surface area contributed by atoms with Crippen LogP contribution in [-0.2, 0) is 49.6 Å². The standard InChI is InChI=1S/C36H63N15O10/c1-5-19(2)29(51-28(54)17-43-30(55)20(3)47-31(56)21(4)46-26(52)14-38)34(59)49-23(9-6-7-11-37)32(57)44-16-27(53)48-25(13-22-15-41-18-45-22)33(58)50-24(35(60)61)10-8-12-42-36(39)40/h15,18-21,23-25,29H,5-14,16-17,37-38H2,1-4H3,(H,41,45)(H,43,55)(H,44,57)(H,46,52)(H,47,56)(H,48,53)(H,49,59)(H,50,58)(H,51,54)(H,60,61)(H4,39,40,42). The number of hydrogen-bond donors (Lipinski definition) is 14. The number of aromatic amines is 1. The molecule has 0 radical (unpaired) electrons. The van der Waals surface area contributed by atoms with E-state index in [2.05, 4.69) is 57.5 Å². The van der Waals surface area contributed by atoms with Crippen molar-refractivity contribution in [2.75, 3.05) is 32.7 Å². The van der Waals surface area contributed by atoms with Crippen molar-refractivity contribution in [2.45, 2.75) is 109 Å². The van der Waals surface area contributed by atoms with Crippen LogP contribution < -0.4 is 65.5 Å². The Morgan fingerprint density at radius 2 is 1.31 bits per heavy atom. The minimum absolute atomic E-state index is 0.0199. The van der Waals surface area contributed by atoms with E-state index in [0.29, 0.717) is 31.5 Å². The Hall–Kier alpha value is -6.37. The van der Waals surface area contributed by atoms with Crippen LogP contribution in [0.4, 0.5) is 0 Å². The molecule has 0 aliphatic carbocycles. The lowest BCUT2D eigenvalue weighted by molar-refractivity contribution is -0.142. The zero-order valence-corrected chi connectivity index (χ0v) is 35.0. The number of H-pyrrole nitrogens is 1. The molecule has 0 aliphatic rings. The van der Waals surface area contributed by atoms with Crippen LogP contribution >= 0.6 is 0 Å². The SMILES string of the molecule is CCC(C)C(NC(=O)CNC(=O)C(C)NC(=O)C(C)NC(=O)CN)C(=O)NC(CCCCN)C(=O)NCC(=O)NC(Cc1cnc[nH]1)C(=O)NC(CCCN=C(N)N)C(=O)O. The number of guanidine groups is 1. The van der Waals surface area contributed by atoms with Crippen LogP contribution in [0.3, 0.4) is 0 Å². The summed E-state index contributed by atoms with van der Waals surface area (Å²) in [5, 5.41) is 29.4. The fraction of sp³-hybridized carbons (Fsp3) is 0.639. The van der Waals surface area contributed by atoms with Crippen LogP contribution in [0.2, 0.25) is 0 Å². The van der Waals surface area contributed by atoms with Crippen LogP contribution in [-0.4, -0.2) is 143 Å². The molecule has 25 nitrogen and oxygen atoms in total. The summed E-state index contributed by atoms with van der Waals surface area (Å²) in [6.07, 6.45) is 4.31. The van der Waals surface area contributed by atoms with E-state index in [0.717, 1.165) is 0 Å². The van der Waals surface area contributed by atoms with Crippen LogP contribution in [0, 0.1) is 5.92 Å². The molecule has 0 fully saturated rings. The maximum absolute atomic E-state index is 13.6. The third-order valence-electron chi connectivity index (χ3n) is 9.14. The molecule has 1 rings (SSSR count). The molecule has 0 spiro atoms. The van der Waals surface area contributed by atoms with E-state index in [1.165, 1.54) is 26.4 Å². The minimum atomic E-state index is -1.33. The number of carboxylic acid groups (broad SMARTS) is 1. The normalized spacial score (nSPS) is 14.2. The average molecular weight is 866 g/mol. The van der Waals surface area contributed by atoms with Gasteiger partial charge in [-0.25, -0.2) is 9.78 Å². The van der Waals surface area contributed by atoms with E-state index in [1.54, 1.807) is 13.8 Å². The summed E-state index contributed by atoms with van der Waals surface area (Å²) in [6.45, 7) is 5.13. The van der Waals surface area contributed by atoms with Crippen molar-refractivity contribution in [1.29, 1.82) is 0 Å². The molecule has 25 heteroatoms. The summed E-state index contributed by atoms with van der Waals surface area (Å²) in [4.78, 5) is 125. The number of amides is 8. The summed E-state index contributed by atoms with van der Waals surface area (Å²) in [6, 6.07) is -7.05. The zero-order chi connectivity index (χ0) is 46.1. The van der Waals surface area contributed by atoms with Crippen LogP contribution in [0.15, 0.2) is 17.5 Å². The molecule has 0 bridgehead atoms. The Morgan fingerprint density at radius 1 is 0.705 bits per heavy atom. The van der Waals surface area contributed by atoms with Crippen molar-refractivity contribution in [1.82, 2.24) is 52.5 Å². The van der Waals surface area contributed by atoms with E-state index in [1.807, 2.05) is 0 Å². The van der Waals surface area contributed by atoms with Crippen molar-refractivity contribution < 1.29 is 48.3 Å². The Morgan fingerprint density at radius 3 is 1.89 bits per heavy atom. The number of aliphatic imine (C=N–C) groups is 1. The van der Waals surface area contributed by atoms with Crippen LogP contribution in [0.1, 0.15) is 71.9 Å². The number of hydrogen-bond acceptors (Lipinski definition) is 13. The summed E-state index contributed by atoms with van der Waals surface area (Å²) in [7, 11) is 0. The number of nitrogens with one attached hydrogen (secondary N) is 9. The van der Waals surface area contributed by atoms with Gasteiger partial charge in [0.2, 0.25) is 47.3 Å². The first-order chi connectivity index (χ1) is 28.8. The number of unbranched alkanes of at least 4 members (excludes halogenated alkanes) is 1. The second-order valence-electron chi connectivity index (χ2n) is 14.2. The van der Waals surface area contributed by atoms with E-state index in [4.69, 9.17) is 22.9 Å². The van der Waals surface area contributed by atoms with E-state index >= 15 is 0 Å². The first-order valence-corrected chi connectivity index (χ1v) is 19.8. The Labute approximate surface area is 353 Å². The van der Waals surface area contributed by atoms with Gasteiger partial charge in [-0.2, -0.15) is 0 Å². The first-order valence-electron chi connectivity index (χ1n) is 19.8. The van der Waals surface area contributed by atoms with Crippen molar-refractivity contribution >= 4 is 59.2 Å². The van der Waals surface area contributed by atoms with Gasteiger partial charge >= 0.3 is 5.97 Å². The number of carbonyl (C=O) groups excluding carboxylic acids is 8. The molecule has 1 aromatic rings. The maximum atomic E-state index is 13.6.